The van der Waals surface area contributed by atoms with Crippen molar-refractivity contribution >= 4 is 43.4 Å². The number of H-pyrrole nitrogens is 2. The Morgan fingerprint density at radius 3 is 1.10 bits per heavy atom. The SMILES string of the molecule is O=c1[nH]c2cc3c(cc2c(=O)c2ccccc12)OCCOCCOc1cc2[nH]c(=O)c4ccccc4c(=O)c2cc1OCCOCCO3. The molecule has 244 valence electrons. The molecule has 1 aliphatic rings. The van der Waals surface area contributed by atoms with Crippen LogP contribution in [-0.2, 0) is 9.47 Å². The zero-order chi connectivity index (χ0) is 33.0. The Balaban J connectivity index is 1.15. The van der Waals surface area contributed by atoms with E-state index in [1.807, 2.05) is 0 Å². The molecule has 48 heavy (non-hydrogen) atoms. The molecule has 6 aromatic rings. The van der Waals surface area contributed by atoms with Crippen LogP contribution in [0.2, 0.25) is 0 Å². The Morgan fingerprint density at radius 1 is 0.396 bits per heavy atom. The second-order valence-corrected chi connectivity index (χ2v) is 11.0. The third-order valence-electron chi connectivity index (χ3n) is 7.93. The van der Waals surface area contributed by atoms with E-state index in [1.54, 1.807) is 72.8 Å². The van der Waals surface area contributed by atoms with Gasteiger partial charge in [0.25, 0.3) is 11.1 Å². The zero-order valence-corrected chi connectivity index (χ0v) is 25.7. The number of hydrogen-bond acceptors (Lipinski definition) is 10. The molecule has 0 atom stereocenters. The average molecular weight is 651 g/mol. The normalized spacial score (nSPS) is 14.8. The van der Waals surface area contributed by atoms with Crippen molar-refractivity contribution in [1.29, 1.82) is 0 Å². The maximum absolute atomic E-state index is 13.4. The number of nitrogens with one attached hydrogen (secondary N) is 2. The highest BCUT2D eigenvalue weighted by Crippen LogP contribution is 2.32. The van der Waals surface area contributed by atoms with Crippen molar-refractivity contribution in [3.63, 3.8) is 0 Å². The molecular weight excluding hydrogens is 620 g/mol. The molecule has 0 bridgehead atoms. The van der Waals surface area contributed by atoms with E-state index in [0.29, 0.717) is 44.8 Å². The summed E-state index contributed by atoms with van der Waals surface area (Å²) < 4.78 is 35.4. The third kappa shape index (κ3) is 6.18. The summed E-state index contributed by atoms with van der Waals surface area (Å²) in [6.07, 6.45) is 0. The number of hydrogen-bond donors (Lipinski definition) is 2. The summed E-state index contributed by atoms with van der Waals surface area (Å²) in [5.41, 5.74) is -0.791. The highest BCUT2D eigenvalue weighted by Gasteiger charge is 2.15. The third-order valence-corrected chi connectivity index (χ3v) is 7.93. The lowest BCUT2D eigenvalue weighted by Gasteiger charge is -2.16. The van der Waals surface area contributed by atoms with Crippen molar-refractivity contribution in [2.75, 3.05) is 52.9 Å². The molecule has 12 heteroatoms. The monoisotopic (exact) mass is 650 g/mol. The fourth-order valence-electron chi connectivity index (χ4n) is 5.63. The maximum atomic E-state index is 13.4. The quantitative estimate of drug-likeness (QED) is 0.249. The maximum Gasteiger partial charge on any atom is 0.256 e. The van der Waals surface area contributed by atoms with E-state index in [0.717, 1.165) is 0 Å². The first kappa shape index (κ1) is 30.9. The summed E-state index contributed by atoms with van der Waals surface area (Å²) >= 11 is 0. The fourth-order valence-corrected chi connectivity index (χ4v) is 5.63. The summed E-state index contributed by atoms with van der Waals surface area (Å²) in [5.74, 6) is 1.27. The molecule has 0 saturated heterocycles. The van der Waals surface area contributed by atoms with Crippen molar-refractivity contribution < 1.29 is 28.4 Å². The fraction of sp³-hybridized carbons (Fsp3) is 0.222. The predicted molar refractivity (Wildman–Crippen MR) is 180 cm³/mol. The van der Waals surface area contributed by atoms with Crippen LogP contribution in [-0.4, -0.2) is 62.8 Å². The Labute approximate surface area is 271 Å². The molecule has 3 heterocycles. The molecule has 2 aromatic heterocycles. The first-order chi connectivity index (χ1) is 23.5. The molecule has 2 N–H and O–H groups in total. The van der Waals surface area contributed by atoms with Gasteiger partial charge in [-0.05, 0) is 24.3 Å². The van der Waals surface area contributed by atoms with Gasteiger partial charge >= 0.3 is 0 Å². The van der Waals surface area contributed by atoms with Gasteiger partial charge in [-0.25, -0.2) is 0 Å². The molecule has 12 nitrogen and oxygen atoms in total. The molecule has 0 aliphatic carbocycles. The van der Waals surface area contributed by atoms with Crippen LogP contribution in [0.5, 0.6) is 23.0 Å². The summed E-state index contributed by atoms with van der Waals surface area (Å²) in [5, 5.41) is 1.71. The van der Waals surface area contributed by atoms with E-state index in [9.17, 15) is 19.2 Å². The number of rotatable bonds is 0. The van der Waals surface area contributed by atoms with Crippen molar-refractivity contribution in [3.8, 4) is 23.0 Å². The molecule has 0 amide bonds. The molecule has 7 rings (SSSR count). The Morgan fingerprint density at radius 2 is 0.729 bits per heavy atom. The summed E-state index contributed by atoms with van der Waals surface area (Å²) in [6.45, 7) is 1.28. The van der Waals surface area contributed by atoms with Gasteiger partial charge in [-0.3, -0.25) is 19.2 Å². The second-order valence-electron chi connectivity index (χ2n) is 11.0. The van der Waals surface area contributed by atoms with Gasteiger partial charge in [0, 0.05) is 22.9 Å². The van der Waals surface area contributed by atoms with E-state index in [2.05, 4.69) is 9.97 Å². The molecule has 4 aromatic carbocycles. The van der Waals surface area contributed by atoms with Gasteiger partial charge in [0.1, 0.15) is 26.4 Å². The number of fused-ring (bicyclic) bond motifs is 6. The topological polar surface area (TPSA) is 155 Å². The van der Waals surface area contributed by atoms with Crippen LogP contribution in [0.15, 0.2) is 92.0 Å². The van der Waals surface area contributed by atoms with Gasteiger partial charge in [0.05, 0.1) is 59.0 Å². The Bertz CT molecular complexity index is 2250. The lowest BCUT2D eigenvalue weighted by atomic mass is 10.1. The zero-order valence-electron chi connectivity index (χ0n) is 25.7. The number of aromatic nitrogens is 2. The molecule has 1 aliphatic heterocycles. The van der Waals surface area contributed by atoms with Gasteiger partial charge in [0.2, 0.25) is 0 Å². The van der Waals surface area contributed by atoms with Gasteiger partial charge in [-0.15, -0.1) is 0 Å². The van der Waals surface area contributed by atoms with Crippen molar-refractivity contribution in [1.82, 2.24) is 9.97 Å². The lowest BCUT2D eigenvalue weighted by molar-refractivity contribution is 0.0641. The van der Waals surface area contributed by atoms with Crippen LogP contribution in [0.1, 0.15) is 0 Å². The van der Waals surface area contributed by atoms with Gasteiger partial charge < -0.3 is 38.4 Å². The summed E-state index contributed by atoms with van der Waals surface area (Å²) in [6, 6.07) is 19.5. The van der Waals surface area contributed by atoms with Gasteiger partial charge in [0.15, 0.2) is 33.9 Å². The van der Waals surface area contributed by atoms with Gasteiger partial charge in [-0.1, -0.05) is 36.4 Å². The minimum absolute atomic E-state index is 0.130. The molecule has 0 fully saturated rings. The van der Waals surface area contributed by atoms with E-state index in [4.69, 9.17) is 28.4 Å². The largest absolute Gasteiger partial charge is 0.487 e. The van der Waals surface area contributed by atoms with Crippen LogP contribution < -0.4 is 40.9 Å². The Hall–Kier alpha value is -5.72. The highest BCUT2D eigenvalue weighted by atomic mass is 16.6. The van der Waals surface area contributed by atoms with Crippen LogP contribution >= 0.6 is 0 Å². The van der Waals surface area contributed by atoms with E-state index >= 15 is 0 Å². The first-order valence-corrected chi connectivity index (χ1v) is 15.4. The minimum atomic E-state index is -0.394. The first-order valence-electron chi connectivity index (χ1n) is 15.4. The average Bonchev–Trinajstić information content (AvgIpc) is 3.27. The van der Waals surface area contributed by atoms with Crippen LogP contribution in [0.25, 0.3) is 43.4 Å². The second kappa shape index (κ2) is 13.6. The van der Waals surface area contributed by atoms with E-state index in [-0.39, 0.29) is 85.3 Å². The number of ether oxygens (including phenoxy) is 6. The molecule has 0 saturated carbocycles. The molecule has 0 spiro atoms. The summed E-state index contributed by atoms with van der Waals surface area (Å²) in [4.78, 5) is 58.2. The van der Waals surface area contributed by atoms with Crippen molar-refractivity contribution in [2.24, 2.45) is 0 Å². The smallest absolute Gasteiger partial charge is 0.256 e. The highest BCUT2D eigenvalue weighted by molar-refractivity contribution is 5.93. The minimum Gasteiger partial charge on any atom is -0.487 e. The summed E-state index contributed by atoms with van der Waals surface area (Å²) in [7, 11) is 0. The molecule has 0 unspecified atom stereocenters. The lowest BCUT2D eigenvalue weighted by Crippen LogP contribution is -2.16. The Kier molecular flexibility index (Phi) is 8.73. The number of benzene rings is 4. The molecule has 0 radical (unpaired) electrons. The van der Waals surface area contributed by atoms with Crippen LogP contribution in [0.4, 0.5) is 0 Å². The predicted octanol–water partition coefficient (Wildman–Crippen LogP) is 3.66. The van der Waals surface area contributed by atoms with Gasteiger partial charge in [-0.2, -0.15) is 0 Å². The van der Waals surface area contributed by atoms with E-state index < -0.39 is 11.1 Å². The van der Waals surface area contributed by atoms with Crippen LogP contribution in [0.3, 0.4) is 0 Å². The van der Waals surface area contributed by atoms with Crippen LogP contribution in [0, 0.1) is 0 Å². The van der Waals surface area contributed by atoms with E-state index in [1.165, 1.54) is 0 Å². The number of aromatic amines is 2. The van der Waals surface area contributed by atoms with Crippen molar-refractivity contribution in [2.45, 2.75) is 0 Å². The standard InChI is InChI=1S/C36H30N2O10/c39-33-21-5-1-3-7-23(21)35(41)37-27-19-31-29(17-25(27)33)45-13-9-43-12-16-48-32-20-28-26(18-30(32)46-14-10-44-11-15-47-31)34(40)22-6-2-4-8-24(22)36(42)38-28/h1-8,17-20H,9-16H2,(H,37,41)(H,38,42). The van der Waals surface area contributed by atoms with Crippen molar-refractivity contribution in [3.05, 3.63) is 114 Å². The molecular formula is C36H30N2O10.